The minimum absolute atomic E-state index is 0.380. The molecule has 0 saturated heterocycles. The zero-order valence-corrected chi connectivity index (χ0v) is 7.96. The van der Waals surface area contributed by atoms with Gasteiger partial charge in [-0.15, -0.1) is 11.3 Å². The third kappa shape index (κ3) is 1.91. The fraction of sp³-hybridized carbons (Fsp3) is 0. The van der Waals surface area contributed by atoms with E-state index < -0.39 is 0 Å². The van der Waals surface area contributed by atoms with Crippen LogP contribution in [0, 0.1) is 2.88 Å². The zero-order chi connectivity index (χ0) is 6.85. The normalized spacial score (nSPS) is 9.56. The first-order valence-electron chi connectivity index (χ1n) is 2.14. The topological polar surface area (TPSA) is 17.1 Å². The maximum atomic E-state index is 10.4. The van der Waals surface area contributed by atoms with Crippen molar-refractivity contribution in [1.29, 1.82) is 0 Å². The van der Waals surface area contributed by atoms with E-state index in [4.69, 9.17) is 11.6 Å². The molecule has 4 heteroatoms. The van der Waals surface area contributed by atoms with E-state index in [-0.39, 0.29) is 5.24 Å². The minimum atomic E-state index is -0.380. The molecule has 9 heavy (non-hydrogen) atoms. The molecule has 0 amide bonds. The number of rotatable bonds is 1. The average molecular weight is 272 g/mol. The number of hydrogen-bond acceptors (Lipinski definition) is 2. The summed E-state index contributed by atoms with van der Waals surface area (Å²) < 4.78 is 1.08. The van der Waals surface area contributed by atoms with E-state index in [0.29, 0.717) is 5.56 Å². The summed E-state index contributed by atoms with van der Waals surface area (Å²) in [6, 6.07) is 1.76. The number of hydrogen-bond donors (Lipinski definition) is 0. The molecule has 0 aliphatic carbocycles. The van der Waals surface area contributed by atoms with Crippen molar-refractivity contribution in [3.8, 4) is 0 Å². The van der Waals surface area contributed by atoms with Crippen LogP contribution < -0.4 is 0 Å². The zero-order valence-electron chi connectivity index (χ0n) is 4.23. The van der Waals surface area contributed by atoms with Gasteiger partial charge in [0.2, 0.25) is 0 Å². The van der Waals surface area contributed by atoms with Crippen molar-refractivity contribution in [3.05, 3.63) is 19.9 Å². The Labute approximate surface area is 75.2 Å². The van der Waals surface area contributed by atoms with E-state index in [2.05, 4.69) is 22.6 Å². The Morgan fingerprint density at radius 1 is 1.78 bits per heavy atom. The minimum Gasteiger partial charge on any atom is -0.276 e. The molecule has 0 bridgehead atoms. The second kappa shape index (κ2) is 2.98. The van der Waals surface area contributed by atoms with E-state index in [0.717, 1.165) is 2.88 Å². The summed E-state index contributed by atoms with van der Waals surface area (Å²) in [6.45, 7) is 0. The molecule has 0 saturated carbocycles. The lowest BCUT2D eigenvalue weighted by Gasteiger charge is -1.77. The van der Waals surface area contributed by atoms with Crippen LogP contribution in [0.5, 0.6) is 0 Å². The summed E-state index contributed by atoms with van der Waals surface area (Å²) >= 11 is 8.84. The predicted molar refractivity (Wildman–Crippen MR) is 47.2 cm³/mol. The third-order valence-corrected chi connectivity index (χ3v) is 2.80. The second-order valence-corrected chi connectivity index (χ2v) is 4.56. The molecule has 1 aromatic heterocycles. The smallest absolute Gasteiger partial charge is 0.253 e. The first kappa shape index (κ1) is 7.50. The van der Waals surface area contributed by atoms with Gasteiger partial charge in [0, 0.05) is 10.9 Å². The van der Waals surface area contributed by atoms with Crippen LogP contribution in [0.1, 0.15) is 10.4 Å². The van der Waals surface area contributed by atoms with Crippen LogP contribution in [0.4, 0.5) is 0 Å². The van der Waals surface area contributed by atoms with E-state index in [1.165, 1.54) is 11.3 Å². The first-order chi connectivity index (χ1) is 4.20. The van der Waals surface area contributed by atoms with Gasteiger partial charge in [0.05, 0.1) is 2.88 Å². The molecule has 1 heterocycles. The largest absolute Gasteiger partial charge is 0.276 e. The second-order valence-electron chi connectivity index (χ2n) is 1.41. The van der Waals surface area contributed by atoms with E-state index in [1.54, 1.807) is 11.4 Å². The lowest BCUT2D eigenvalue weighted by molar-refractivity contribution is 0.108. The van der Waals surface area contributed by atoms with Crippen molar-refractivity contribution in [2.45, 2.75) is 0 Å². The van der Waals surface area contributed by atoms with Crippen LogP contribution in [-0.2, 0) is 0 Å². The lowest BCUT2D eigenvalue weighted by atomic mass is 10.4. The fourth-order valence-corrected chi connectivity index (χ4v) is 1.91. The molecule has 1 aromatic rings. The van der Waals surface area contributed by atoms with Crippen molar-refractivity contribution in [2.75, 3.05) is 0 Å². The highest BCUT2D eigenvalue weighted by atomic mass is 127. The Kier molecular flexibility index (Phi) is 2.49. The maximum Gasteiger partial charge on any atom is 0.253 e. The molecule has 0 N–H and O–H groups in total. The van der Waals surface area contributed by atoms with E-state index in [9.17, 15) is 4.79 Å². The number of carbonyl (C=O) groups excluding carboxylic acids is 1. The summed E-state index contributed by atoms with van der Waals surface area (Å²) in [6.07, 6.45) is 0. The van der Waals surface area contributed by atoms with Crippen LogP contribution in [0.15, 0.2) is 11.4 Å². The fourth-order valence-electron chi connectivity index (χ4n) is 0.413. The maximum absolute atomic E-state index is 10.4. The molecule has 0 aliphatic heterocycles. The van der Waals surface area contributed by atoms with Crippen LogP contribution in [0.2, 0.25) is 0 Å². The van der Waals surface area contributed by atoms with E-state index in [1.807, 2.05) is 0 Å². The summed E-state index contributed by atoms with van der Waals surface area (Å²) in [4.78, 5) is 10.4. The van der Waals surface area contributed by atoms with Gasteiger partial charge in [-0.05, 0) is 40.3 Å². The molecule has 0 aromatic carbocycles. The number of carbonyl (C=O) groups is 1. The van der Waals surface area contributed by atoms with Crippen molar-refractivity contribution in [1.82, 2.24) is 0 Å². The average Bonchev–Trinajstić information content (AvgIpc) is 2.14. The highest BCUT2D eigenvalue weighted by molar-refractivity contribution is 14.1. The van der Waals surface area contributed by atoms with Crippen molar-refractivity contribution >= 4 is 50.8 Å². The molecule has 0 radical (unpaired) electrons. The predicted octanol–water partition coefficient (Wildman–Crippen LogP) is 2.73. The molecular formula is C5H2ClIOS. The highest BCUT2D eigenvalue weighted by Gasteiger charge is 2.02. The summed E-state index contributed by atoms with van der Waals surface area (Å²) in [7, 11) is 0. The molecule has 1 rings (SSSR count). The number of halogens is 2. The summed E-state index contributed by atoms with van der Waals surface area (Å²) in [5, 5.41) is 1.37. The molecule has 1 nitrogen and oxygen atoms in total. The van der Waals surface area contributed by atoms with Gasteiger partial charge in [-0.1, -0.05) is 0 Å². The quantitative estimate of drug-likeness (QED) is 0.567. The summed E-state index contributed by atoms with van der Waals surface area (Å²) in [5.74, 6) is 0. The SMILES string of the molecule is O=C(Cl)c1csc(I)c1. The third-order valence-electron chi connectivity index (χ3n) is 0.794. The van der Waals surface area contributed by atoms with Gasteiger partial charge < -0.3 is 0 Å². The molecular weight excluding hydrogens is 270 g/mol. The van der Waals surface area contributed by atoms with Gasteiger partial charge >= 0.3 is 0 Å². The van der Waals surface area contributed by atoms with Crippen molar-refractivity contribution in [2.24, 2.45) is 0 Å². The van der Waals surface area contributed by atoms with Crippen LogP contribution >= 0.6 is 45.5 Å². The van der Waals surface area contributed by atoms with E-state index >= 15 is 0 Å². The van der Waals surface area contributed by atoms with Gasteiger partial charge in [-0.25, -0.2) is 0 Å². The lowest BCUT2D eigenvalue weighted by Crippen LogP contribution is -1.81. The molecule has 0 spiro atoms. The van der Waals surface area contributed by atoms with Gasteiger partial charge in [0.1, 0.15) is 0 Å². The Balaban J connectivity index is 2.98. The molecule has 0 atom stereocenters. The van der Waals surface area contributed by atoms with Crippen LogP contribution in [-0.4, -0.2) is 5.24 Å². The first-order valence-corrected chi connectivity index (χ1v) is 4.47. The van der Waals surface area contributed by atoms with Crippen molar-refractivity contribution < 1.29 is 4.79 Å². The molecule has 0 fully saturated rings. The Morgan fingerprint density at radius 2 is 2.44 bits per heavy atom. The molecule has 0 aliphatic rings. The monoisotopic (exact) mass is 272 g/mol. The molecule has 48 valence electrons. The van der Waals surface area contributed by atoms with Gasteiger partial charge in [-0.2, -0.15) is 0 Å². The highest BCUT2D eigenvalue weighted by Crippen LogP contribution is 2.17. The van der Waals surface area contributed by atoms with Gasteiger partial charge in [0.25, 0.3) is 5.24 Å². The van der Waals surface area contributed by atoms with Crippen LogP contribution in [0.3, 0.4) is 0 Å². The molecule has 0 unspecified atom stereocenters. The number of thiophene rings is 1. The van der Waals surface area contributed by atoms with Crippen LogP contribution in [0.25, 0.3) is 0 Å². The summed E-state index contributed by atoms with van der Waals surface area (Å²) in [5.41, 5.74) is 0.589. The van der Waals surface area contributed by atoms with Crippen molar-refractivity contribution in [3.63, 3.8) is 0 Å². The Bertz CT molecular complexity index is 233. The Morgan fingerprint density at radius 3 is 2.67 bits per heavy atom. The van der Waals surface area contributed by atoms with Gasteiger partial charge in [0.15, 0.2) is 0 Å². The standard InChI is InChI=1S/C5H2ClIOS/c6-5(8)3-1-4(7)9-2-3/h1-2H. The van der Waals surface area contributed by atoms with Gasteiger partial charge in [-0.3, -0.25) is 4.79 Å². The Hall–Kier alpha value is 0.390.